The number of aromatic nitrogens is 4. The summed E-state index contributed by atoms with van der Waals surface area (Å²) in [6, 6.07) is 0. The fraction of sp³-hybridized carbons (Fsp3) is 0.733. The minimum absolute atomic E-state index is 0.112. The van der Waals surface area contributed by atoms with Crippen molar-refractivity contribution >= 4 is 22.8 Å². The second-order valence-corrected chi connectivity index (χ2v) is 5.95. The average molecular weight is 313 g/mol. The molecule has 0 amide bonds. The standard InChI is InChI=1S/C15H25ClN4O/c1-5-9-21-10-7-8-20-14(11(3)16)17-13-12(6-2)18-19(4)15(13)20/h11H,5-10H2,1-4H3. The van der Waals surface area contributed by atoms with Crippen molar-refractivity contribution in [1.29, 1.82) is 0 Å². The van der Waals surface area contributed by atoms with Crippen molar-refractivity contribution in [3.05, 3.63) is 11.5 Å². The highest BCUT2D eigenvalue weighted by Gasteiger charge is 2.20. The second-order valence-electron chi connectivity index (χ2n) is 5.30. The van der Waals surface area contributed by atoms with Gasteiger partial charge in [0.25, 0.3) is 0 Å². The van der Waals surface area contributed by atoms with Gasteiger partial charge in [0.1, 0.15) is 11.3 Å². The van der Waals surface area contributed by atoms with Gasteiger partial charge in [-0.25, -0.2) is 4.98 Å². The first kappa shape index (κ1) is 16.3. The van der Waals surface area contributed by atoms with Crippen molar-refractivity contribution in [2.75, 3.05) is 13.2 Å². The maximum atomic E-state index is 6.30. The first-order chi connectivity index (χ1) is 10.1. The summed E-state index contributed by atoms with van der Waals surface area (Å²) < 4.78 is 9.66. The Hall–Kier alpha value is -1.07. The zero-order chi connectivity index (χ0) is 15.4. The summed E-state index contributed by atoms with van der Waals surface area (Å²) in [6.07, 6.45) is 2.89. The Kier molecular flexibility index (Phi) is 5.65. The SMILES string of the molecule is CCCOCCCn1c(C(C)Cl)nc2c(CC)nn(C)c21. The molecular weight excluding hydrogens is 288 g/mol. The molecule has 0 fully saturated rings. The van der Waals surface area contributed by atoms with Gasteiger partial charge >= 0.3 is 0 Å². The zero-order valence-electron chi connectivity index (χ0n) is 13.4. The third-order valence-electron chi connectivity index (χ3n) is 3.53. The smallest absolute Gasteiger partial charge is 0.158 e. The number of aryl methyl sites for hydroxylation is 3. The number of alkyl halides is 1. The topological polar surface area (TPSA) is 44.9 Å². The lowest BCUT2D eigenvalue weighted by molar-refractivity contribution is 0.129. The van der Waals surface area contributed by atoms with Crippen LogP contribution in [0.2, 0.25) is 0 Å². The Bertz CT molecular complexity index is 588. The maximum absolute atomic E-state index is 6.30. The van der Waals surface area contributed by atoms with Crippen LogP contribution in [0.5, 0.6) is 0 Å². The highest BCUT2D eigenvalue weighted by molar-refractivity contribution is 6.20. The summed E-state index contributed by atoms with van der Waals surface area (Å²) in [7, 11) is 1.97. The molecule has 1 unspecified atom stereocenters. The number of imidazole rings is 1. The molecule has 0 aliphatic heterocycles. The van der Waals surface area contributed by atoms with E-state index in [9.17, 15) is 0 Å². The van der Waals surface area contributed by atoms with Gasteiger partial charge in [-0.05, 0) is 26.2 Å². The summed E-state index contributed by atoms with van der Waals surface area (Å²) in [6.45, 7) is 8.63. The molecule has 0 saturated heterocycles. The lowest BCUT2D eigenvalue weighted by atomic mass is 10.3. The number of rotatable bonds is 8. The van der Waals surface area contributed by atoms with Crippen molar-refractivity contribution in [3.63, 3.8) is 0 Å². The Morgan fingerprint density at radius 2 is 2.05 bits per heavy atom. The number of nitrogens with zero attached hydrogens (tertiary/aromatic N) is 4. The van der Waals surface area contributed by atoms with E-state index in [0.717, 1.165) is 61.7 Å². The molecule has 0 bridgehead atoms. The summed E-state index contributed by atoms with van der Waals surface area (Å²) >= 11 is 6.30. The Balaban J connectivity index is 2.26. The van der Waals surface area contributed by atoms with Gasteiger partial charge in [0.2, 0.25) is 0 Å². The average Bonchev–Trinajstić information content (AvgIpc) is 2.97. The number of fused-ring (bicyclic) bond motifs is 1. The van der Waals surface area contributed by atoms with E-state index in [4.69, 9.17) is 21.3 Å². The van der Waals surface area contributed by atoms with Gasteiger partial charge < -0.3 is 9.30 Å². The van der Waals surface area contributed by atoms with Crippen molar-refractivity contribution in [3.8, 4) is 0 Å². The summed E-state index contributed by atoms with van der Waals surface area (Å²) in [4.78, 5) is 4.73. The lowest BCUT2D eigenvalue weighted by Gasteiger charge is -2.11. The maximum Gasteiger partial charge on any atom is 0.158 e. The lowest BCUT2D eigenvalue weighted by Crippen LogP contribution is -2.10. The number of ether oxygens (including phenoxy) is 1. The molecule has 2 rings (SSSR count). The van der Waals surface area contributed by atoms with Crippen LogP contribution in [0.25, 0.3) is 11.2 Å². The summed E-state index contributed by atoms with van der Waals surface area (Å²) in [5, 5.41) is 4.43. The molecule has 0 aliphatic carbocycles. The molecule has 2 aromatic rings. The molecule has 118 valence electrons. The summed E-state index contributed by atoms with van der Waals surface area (Å²) in [5.74, 6) is 0.921. The molecule has 21 heavy (non-hydrogen) atoms. The van der Waals surface area contributed by atoms with Gasteiger partial charge in [-0.2, -0.15) is 5.10 Å². The highest BCUT2D eigenvalue weighted by Crippen LogP contribution is 2.26. The van der Waals surface area contributed by atoms with Crippen LogP contribution in [-0.4, -0.2) is 32.5 Å². The minimum Gasteiger partial charge on any atom is -0.381 e. The second kappa shape index (κ2) is 7.27. The van der Waals surface area contributed by atoms with Gasteiger partial charge in [-0.15, -0.1) is 11.6 Å². The predicted molar refractivity (Wildman–Crippen MR) is 85.9 cm³/mol. The van der Waals surface area contributed by atoms with Gasteiger partial charge in [0.15, 0.2) is 5.65 Å². The fourth-order valence-corrected chi connectivity index (χ4v) is 2.76. The molecular formula is C15H25ClN4O. The van der Waals surface area contributed by atoms with Crippen LogP contribution < -0.4 is 0 Å². The number of hydrogen-bond donors (Lipinski definition) is 0. The third-order valence-corrected chi connectivity index (χ3v) is 3.73. The largest absolute Gasteiger partial charge is 0.381 e. The molecule has 0 N–H and O–H groups in total. The van der Waals surface area contributed by atoms with Crippen LogP contribution in [-0.2, 0) is 24.8 Å². The van der Waals surface area contributed by atoms with E-state index in [1.54, 1.807) is 0 Å². The summed E-state index contributed by atoms with van der Waals surface area (Å²) in [5.41, 5.74) is 3.08. The molecule has 0 aliphatic rings. The molecule has 2 heterocycles. The molecule has 0 saturated carbocycles. The van der Waals surface area contributed by atoms with Gasteiger partial charge in [0.05, 0.1) is 11.1 Å². The van der Waals surface area contributed by atoms with E-state index in [1.807, 2.05) is 18.7 Å². The van der Waals surface area contributed by atoms with E-state index >= 15 is 0 Å². The highest BCUT2D eigenvalue weighted by atomic mass is 35.5. The zero-order valence-corrected chi connectivity index (χ0v) is 14.2. The van der Waals surface area contributed by atoms with E-state index in [2.05, 4.69) is 23.5 Å². The Labute approximate surface area is 131 Å². The molecule has 6 heteroatoms. The van der Waals surface area contributed by atoms with Crippen LogP contribution in [0, 0.1) is 0 Å². The van der Waals surface area contributed by atoms with Crippen LogP contribution in [0.4, 0.5) is 0 Å². The molecule has 0 radical (unpaired) electrons. The fourth-order valence-electron chi connectivity index (χ4n) is 2.59. The van der Waals surface area contributed by atoms with Crippen LogP contribution in [0.15, 0.2) is 0 Å². The molecule has 0 aromatic carbocycles. The number of hydrogen-bond acceptors (Lipinski definition) is 3. The van der Waals surface area contributed by atoms with Crippen molar-refractivity contribution in [2.45, 2.75) is 52.0 Å². The van der Waals surface area contributed by atoms with Crippen LogP contribution >= 0.6 is 11.6 Å². The van der Waals surface area contributed by atoms with Crippen molar-refractivity contribution < 1.29 is 4.74 Å². The van der Waals surface area contributed by atoms with Gasteiger partial charge in [-0.1, -0.05) is 13.8 Å². The first-order valence-corrected chi connectivity index (χ1v) is 8.17. The quantitative estimate of drug-likeness (QED) is 0.554. The monoisotopic (exact) mass is 312 g/mol. The third kappa shape index (κ3) is 3.40. The van der Waals surface area contributed by atoms with Crippen LogP contribution in [0.1, 0.15) is 50.5 Å². The van der Waals surface area contributed by atoms with Gasteiger partial charge in [-0.3, -0.25) is 4.68 Å². The molecule has 5 nitrogen and oxygen atoms in total. The van der Waals surface area contributed by atoms with E-state index in [1.165, 1.54) is 0 Å². The van der Waals surface area contributed by atoms with E-state index in [-0.39, 0.29) is 5.38 Å². The molecule has 0 spiro atoms. The number of halogens is 1. The molecule has 2 aromatic heterocycles. The van der Waals surface area contributed by atoms with E-state index in [0.29, 0.717) is 0 Å². The Morgan fingerprint density at radius 1 is 1.29 bits per heavy atom. The van der Waals surface area contributed by atoms with Crippen molar-refractivity contribution in [2.24, 2.45) is 7.05 Å². The van der Waals surface area contributed by atoms with Gasteiger partial charge in [0, 0.05) is 26.8 Å². The van der Waals surface area contributed by atoms with Crippen molar-refractivity contribution in [1.82, 2.24) is 19.3 Å². The molecule has 1 atom stereocenters. The minimum atomic E-state index is -0.112. The van der Waals surface area contributed by atoms with E-state index < -0.39 is 0 Å². The predicted octanol–water partition coefficient (Wildman–Crippen LogP) is 3.45. The normalized spacial score (nSPS) is 13.2. The van der Waals surface area contributed by atoms with Crippen LogP contribution in [0.3, 0.4) is 0 Å². The Morgan fingerprint density at radius 3 is 2.67 bits per heavy atom. The first-order valence-electron chi connectivity index (χ1n) is 7.73.